The molecule has 0 aromatic heterocycles. The van der Waals surface area contributed by atoms with Gasteiger partial charge in [0.25, 0.3) is 5.69 Å². The lowest BCUT2D eigenvalue weighted by Crippen LogP contribution is -2.17. The number of terminal acetylenes is 1. The molecule has 0 heterocycles. The van der Waals surface area contributed by atoms with E-state index in [0.29, 0.717) is 5.69 Å². The van der Waals surface area contributed by atoms with E-state index >= 15 is 0 Å². The molecule has 0 aliphatic rings. The Morgan fingerprint density at radius 2 is 2.32 bits per heavy atom. The SMILES string of the molecule is C#CC(CCC)Nc1ccc([N+](=O)[O-])c(C(=O)O)c1. The summed E-state index contributed by atoms with van der Waals surface area (Å²) in [5, 5.41) is 22.6. The van der Waals surface area contributed by atoms with Crippen LogP contribution in [0.25, 0.3) is 0 Å². The first-order valence-corrected chi connectivity index (χ1v) is 5.74. The van der Waals surface area contributed by atoms with Crippen LogP contribution in [0, 0.1) is 22.5 Å². The van der Waals surface area contributed by atoms with Gasteiger partial charge < -0.3 is 10.4 Å². The third kappa shape index (κ3) is 3.71. The van der Waals surface area contributed by atoms with Crippen molar-refractivity contribution in [3.8, 4) is 12.3 Å². The van der Waals surface area contributed by atoms with Gasteiger partial charge >= 0.3 is 5.97 Å². The van der Waals surface area contributed by atoms with Gasteiger partial charge in [-0.1, -0.05) is 19.3 Å². The van der Waals surface area contributed by atoms with Crippen LogP contribution in [0.2, 0.25) is 0 Å². The molecule has 1 aromatic carbocycles. The van der Waals surface area contributed by atoms with E-state index in [1.54, 1.807) is 0 Å². The van der Waals surface area contributed by atoms with E-state index < -0.39 is 16.6 Å². The predicted octanol–water partition coefficient (Wildman–Crippen LogP) is 2.51. The van der Waals surface area contributed by atoms with Gasteiger partial charge in [0.1, 0.15) is 5.56 Å². The first-order chi connectivity index (χ1) is 8.99. The summed E-state index contributed by atoms with van der Waals surface area (Å²) in [6.07, 6.45) is 6.95. The molecule has 0 fully saturated rings. The highest BCUT2D eigenvalue weighted by molar-refractivity contribution is 5.93. The van der Waals surface area contributed by atoms with Gasteiger partial charge in [-0.15, -0.1) is 6.42 Å². The predicted molar refractivity (Wildman–Crippen MR) is 71.2 cm³/mol. The van der Waals surface area contributed by atoms with Crippen LogP contribution in [0.4, 0.5) is 11.4 Å². The fourth-order valence-corrected chi connectivity index (χ4v) is 1.64. The monoisotopic (exact) mass is 262 g/mol. The number of nitro groups is 1. The number of aromatic carboxylic acids is 1. The minimum Gasteiger partial charge on any atom is -0.477 e. The zero-order valence-electron chi connectivity index (χ0n) is 10.4. The van der Waals surface area contributed by atoms with Gasteiger partial charge in [-0.3, -0.25) is 10.1 Å². The molecule has 0 spiro atoms. The number of benzene rings is 1. The first kappa shape index (κ1) is 14.5. The lowest BCUT2D eigenvalue weighted by atomic mass is 10.1. The van der Waals surface area contributed by atoms with Gasteiger partial charge in [-0.05, 0) is 18.6 Å². The van der Waals surface area contributed by atoms with Crippen molar-refractivity contribution in [3.63, 3.8) is 0 Å². The summed E-state index contributed by atoms with van der Waals surface area (Å²) < 4.78 is 0. The second kappa shape index (κ2) is 6.40. The van der Waals surface area contributed by atoms with Gasteiger partial charge in [-0.2, -0.15) is 0 Å². The Bertz CT molecular complexity index is 534. The third-order valence-corrected chi connectivity index (χ3v) is 2.54. The van der Waals surface area contributed by atoms with Crippen LogP contribution in [0.1, 0.15) is 30.1 Å². The molecule has 0 bridgehead atoms. The molecular weight excluding hydrogens is 248 g/mol. The average molecular weight is 262 g/mol. The molecule has 1 unspecified atom stereocenters. The summed E-state index contributed by atoms with van der Waals surface area (Å²) in [5.41, 5.74) is -0.340. The Balaban J connectivity index is 3.06. The summed E-state index contributed by atoms with van der Waals surface area (Å²) in [5.74, 6) is 1.20. The standard InChI is InChI=1S/C13H14N2O4/c1-3-5-9(4-2)14-10-6-7-12(15(18)19)11(8-10)13(16)17/h2,6-9,14H,3,5H2,1H3,(H,16,17). The fourth-order valence-electron chi connectivity index (χ4n) is 1.64. The van der Waals surface area contributed by atoms with E-state index in [-0.39, 0.29) is 11.6 Å². The van der Waals surface area contributed by atoms with E-state index in [9.17, 15) is 14.9 Å². The molecule has 0 aliphatic carbocycles. The normalized spacial score (nSPS) is 11.4. The molecule has 6 heteroatoms. The molecule has 6 nitrogen and oxygen atoms in total. The van der Waals surface area contributed by atoms with E-state index in [0.717, 1.165) is 18.9 Å². The lowest BCUT2D eigenvalue weighted by molar-refractivity contribution is -0.385. The molecule has 0 saturated heterocycles. The van der Waals surface area contributed by atoms with Crippen LogP contribution in [0.3, 0.4) is 0 Å². The van der Waals surface area contributed by atoms with Crippen LogP contribution in [-0.4, -0.2) is 22.0 Å². The van der Waals surface area contributed by atoms with Crippen LogP contribution in [-0.2, 0) is 0 Å². The number of rotatable bonds is 6. The minimum absolute atomic E-state index is 0.229. The van der Waals surface area contributed by atoms with Gasteiger partial charge in [0, 0.05) is 11.8 Å². The number of nitro benzene ring substituents is 1. The molecule has 19 heavy (non-hydrogen) atoms. The number of hydrogen-bond acceptors (Lipinski definition) is 4. The van der Waals surface area contributed by atoms with Crippen LogP contribution in [0.15, 0.2) is 18.2 Å². The maximum absolute atomic E-state index is 11.0. The first-order valence-electron chi connectivity index (χ1n) is 5.74. The zero-order valence-corrected chi connectivity index (χ0v) is 10.4. The fraction of sp³-hybridized carbons (Fsp3) is 0.308. The van der Waals surface area contributed by atoms with Gasteiger partial charge in [0.05, 0.1) is 11.0 Å². The molecule has 1 aromatic rings. The van der Waals surface area contributed by atoms with E-state index in [4.69, 9.17) is 11.5 Å². The number of nitrogens with one attached hydrogen (secondary N) is 1. The molecule has 0 amide bonds. The number of nitrogens with zero attached hydrogens (tertiary/aromatic N) is 1. The average Bonchev–Trinajstić information content (AvgIpc) is 2.37. The highest BCUT2D eigenvalue weighted by atomic mass is 16.6. The molecule has 0 saturated carbocycles. The molecular formula is C13H14N2O4. The lowest BCUT2D eigenvalue weighted by Gasteiger charge is -2.13. The van der Waals surface area contributed by atoms with Crippen molar-refractivity contribution in [3.05, 3.63) is 33.9 Å². The van der Waals surface area contributed by atoms with E-state index in [1.165, 1.54) is 12.1 Å². The molecule has 1 atom stereocenters. The summed E-state index contributed by atoms with van der Waals surface area (Å²) in [7, 11) is 0. The smallest absolute Gasteiger partial charge is 0.342 e. The van der Waals surface area contributed by atoms with Gasteiger partial charge in [-0.25, -0.2) is 4.79 Å². The second-order valence-electron chi connectivity index (χ2n) is 3.95. The summed E-state index contributed by atoms with van der Waals surface area (Å²) in [6, 6.07) is 3.60. The number of carbonyl (C=O) groups is 1. The Morgan fingerprint density at radius 1 is 1.63 bits per heavy atom. The largest absolute Gasteiger partial charge is 0.477 e. The molecule has 2 N–H and O–H groups in total. The Hall–Kier alpha value is -2.55. The van der Waals surface area contributed by atoms with Crippen molar-refractivity contribution >= 4 is 17.3 Å². The summed E-state index contributed by atoms with van der Waals surface area (Å²) in [6.45, 7) is 1.98. The maximum atomic E-state index is 11.0. The van der Waals surface area contributed by atoms with Crippen molar-refractivity contribution in [2.75, 3.05) is 5.32 Å². The Kier molecular flexibility index (Phi) is 4.89. The third-order valence-electron chi connectivity index (χ3n) is 2.54. The topological polar surface area (TPSA) is 92.5 Å². The van der Waals surface area contributed by atoms with Gasteiger partial charge in [0.2, 0.25) is 0 Å². The van der Waals surface area contributed by atoms with Crippen molar-refractivity contribution in [1.82, 2.24) is 0 Å². The number of hydrogen-bond donors (Lipinski definition) is 2. The van der Waals surface area contributed by atoms with Crippen molar-refractivity contribution in [1.29, 1.82) is 0 Å². The van der Waals surface area contributed by atoms with Crippen molar-refractivity contribution < 1.29 is 14.8 Å². The van der Waals surface area contributed by atoms with Crippen molar-refractivity contribution in [2.24, 2.45) is 0 Å². The van der Waals surface area contributed by atoms with Gasteiger partial charge in [0.15, 0.2) is 0 Å². The molecule has 1 rings (SSSR count). The van der Waals surface area contributed by atoms with E-state index in [2.05, 4.69) is 11.2 Å². The second-order valence-corrected chi connectivity index (χ2v) is 3.95. The van der Waals surface area contributed by atoms with Crippen LogP contribution >= 0.6 is 0 Å². The molecule has 0 radical (unpaired) electrons. The molecule has 0 aliphatic heterocycles. The maximum Gasteiger partial charge on any atom is 0.342 e. The summed E-state index contributed by atoms with van der Waals surface area (Å²) in [4.78, 5) is 21.0. The van der Waals surface area contributed by atoms with E-state index in [1.807, 2.05) is 6.92 Å². The van der Waals surface area contributed by atoms with Crippen LogP contribution in [0.5, 0.6) is 0 Å². The molecule has 100 valence electrons. The number of anilines is 1. The highest BCUT2D eigenvalue weighted by Gasteiger charge is 2.20. The Labute approximate surface area is 110 Å². The number of carboxylic acids is 1. The number of carboxylic acid groups (broad SMARTS) is 1. The zero-order chi connectivity index (χ0) is 14.4. The Morgan fingerprint density at radius 3 is 2.79 bits per heavy atom. The highest BCUT2D eigenvalue weighted by Crippen LogP contribution is 2.23. The van der Waals surface area contributed by atoms with Crippen molar-refractivity contribution in [2.45, 2.75) is 25.8 Å². The summed E-state index contributed by atoms with van der Waals surface area (Å²) >= 11 is 0. The minimum atomic E-state index is -1.34. The quantitative estimate of drug-likeness (QED) is 0.467. The van der Waals surface area contributed by atoms with Crippen LogP contribution < -0.4 is 5.32 Å².